The van der Waals surface area contributed by atoms with Gasteiger partial charge < -0.3 is 0 Å². The van der Waals surface area contributed by atoms with Crippen molar-refractivity contribution in [3.05, 3.63) is 0 Å². The van der Waals surface area contributed by atoms with Crippen molar-refractivity contribution in [2.75, 3.05) is 13.1 Å². The van der Waals surface area contributed by atoms with Gasteiger partial charge in [0.15, 0.2) is 0 Å². The number of hydrazine groups is 1. The van der Waals surface area contributed by atoms with Crippen LogP contribution < -0.4 is 5.43 Å². The molecule has 3 heteroatoms. The molecule has 0 aromatic heterocycles. The van der Waals surface area contributed by atoms with E-state index in [0.717, 1.165) is 13.1 Å². The van der Waals surface area contributed by atoms with Gasteiger partial charge in [-0.15, -0.1) is 0 Å². The summed E-state index contributed by atoms with van der Waals surface area (Å²) in [5, 5.41) is 2.00. The second kappa shape index (κ2) is 3.22. The standard InChI is InChI=1S/C8H16N2O/c1-6-4-10(5-7(6)2)9-8(3)11/h6-7H,4-5H2,1-3H3,(H,9,11). The van der Waals surface area contributed by atoms with Gasteiger partial charge in [-0.2, -0.15) is 0 Å². The van der Waals surface area contributed by atoms with Crippen molar-refractivity contribution in [2.45, 2.75) is 20.8 Å². The number of hydrogen-bond acceptors (Lipinski definition) is 2. The van der Waals surface area contributed by atoms with Crippen LogP contribution in [0.5, 0.6) is 0 Å². The van der Waals surface area contributed by atoms with E-state index in [2.05, 4.69) is 19.3 Å². The van der Waals surface area contributed by atoms with E-state index >= 15 is 0 Å². The molecule has 1 aliphatic rings. The summed E-state index contributed by atoms with van der Waals surface area (Å²) in [6.45, 7) is 7.95. The van der Waals surface area contributed by atoms with Crippen LogP contribution in [0.2, 0.25) is 0 Å². The molecule has 1 N–H and O–H groups in total. The molecule has 1 aliphatic heterocycles. The average molecular weight is 156 g/mol. The number of nitrogens with one attached hydrogen (secondary N) is 1. The molecule has 2 unspecified atom stereocenters. The molecule has 1 amide bonds. The van der Waals surface area contributed by atoms with E-state index in [1.807, 2.05) is 5.01 Å². The first-order valence-electron chi connectivity index (χ1n) is 4.11. The van der Waals surface area contributed by atoms with Crippen molar-refractivity contribution in [1.29, 1.82) is 0 Å². The number of rotatable bonds is 1. The Kier molecular flexibility index (Phi) is 2.49. The molecule has 0 aromatic carbocycles. The third kappa shape index (κ3) is 2.19. The second-order valence-electron chi connectivity index (χ2n) is 3.53. The van der Waals surface area contributed by atoms with Crippen LogP contribution in [0.25, 0.3) is 0 Å². The van der Waals surface area contributed by atoms with E-state index in [4.69, 9.17) is 0 Å². The summed E-state index contributed by atoms with van der Waals surface area (Å²) in [6, 6.07) is 0. The van der Waals surface area contributed by atoms with Crippen LogP contribution in [0.1, 0.15) is 20.8 Å². The van der Waals surface area contributed by atoms with Gasteiger partial charge in [0, 0.05) is 20.0 Å². The Hall–Kier alpha value is -0.570. The zero-order chi connectivity index (χ0) is 8.43. The summed E-state index contributed by atoms with van der Waals surface area (Å²) in [5.41, 5.74) is 2.80. The molecule has 0 saturated carbocycles. The van der Waals surface area contributed by atoms with Crippen LogP contribution in [-0.4, -0.2) is 24.0 Å². The molecule has 1 rings (SSSR count). The molecule has 0 spiro atoms. The zero-order valence-corrected chi connectivity index (χ0v) is 7.42. The van der Waals surface area contributed by atoms with E-state index in [-0.39, 0.29) is 5.91 Å². The van der Waals surface area contributed by atoms with Gasteiger partial charge in [-0.05, 0) is 11.8 Å². The van der Waals surface area contributed by atoms with Gasteiger partial charge >= 0.3 is 0 Å². The Morgan fingerprint density at radius 1 is 1.36 bits per heavy atom. The van der Waals surface area contributed by atoms with Crippen molar-refractivity contribution in [3.63, 3.8) is 0 Å². The van der Waals surface area contributed by atoms with Crippen LogP contribution >= 0.6 is 0 Å². The van der Waals surface area contributed by atoms with E-state index in [0.29, 0.717) is 11.8 Å². The highest BCUT2D eigenvalue weighted by Gasteiger charge is 2.26. The Bertz CT molecular complexity index is 148. The maximum absolute atomic E-state index is 10.7. The molecule has 11 heavy (non-hydrogen) atoms. The lowest BCUT2D eigenvalue weighted by Crippen LogP contribution is -2.39. The topological polar surface area (TPSA) is 32.3 Å². The lowest BCUT2D eigenvalue weighted by molar-refractivity contribution is -0.123. The second-order valence-corrected chi connectivity index (χ2v) is 3.53. The fraction of sp³-hybridized carbons (Fsp3) is 0.875. The first kappa shape index (κ1) is 8.53. The predicted molar refractivity (Wildman–Crippen MR) is 43.7 cm³/mol. The molecule has 0 aromatic rings. The largest absolute Gasteiger partial charge is 0.289 e. The van der Waals surface area contributed by atoms with Crippen molar-refractivity contribution >= 4 is 5.91 Å². The predicted octanol–water partition coefficient (Wildman–Crippen LogP) is 0.625. The van der Waals surface area contributed by atoms with E-state index in [1.54, 1.807) is 6.92 Å². The zero-order valence-electron chi connectivity index (χ0n) is 7.42. The number of hydrogen-bond donors (Lipinski definition) is 1. The highest BCUT2D eigenvalue weighted by atomic mass is 16.2. The first-order valence-corrected chi connectivity index (χ1v) is 4.11. The molecule has 0 radical (unpaired) electrons. The Balaban J connectivity index is 2.35. The van der Waals surface area contributed by atoms with Gasteiger partial charge in [0.1, 0.15) is 0 Å². The van der Waals surface area contributed by atoms with Gasteiger partial charge in [-0.1, -0.05) is 13.8 Å². The Morgan fingerprint density at radius 3 is 2.18 bits per heavy atom. The molecule has 0 bridgehead atoms. The summed E-state index contributed by atoms with van der Waals surface area (Å²) in [6.07, 6.45) is 0. The summed E-state index contributed by atoms with van der Waals surface area (Å²) in [5.74, 6) is 1.43. The maximum Gasteiger partial charge on any atom is 0.231 e. The molecule has 1 saturated heterocycles. The van der Waals surface area contributed by atoms with Crippen LogP contribution in [0.15, 0.2) is 0 Å². The van der Waals surface area contributed by atoms with Gasteiger partial charge in [-0.3, -0.25) is 10.2 Å². The van der Waals surface area contributed by atoms with Crippen LogP contribution in [0, 0.1) is 11.8 Å². The molecule has 64 valence electrons. The number of nitrogens with zero attached hydrogens (tertiary/aromatic N) is 1. The minimum atomic E-state index is 0.0336. The molecule has 0 aliphatic carbocycles. The lowest BCUT2D eigenvalue weighted by Gasteiger charge is -2.14. The fourth-order valence-corrected chi connectivity index (χ4v) is 1.44. The van der Waals surface area contributed by atoms with E-state index < -0.39 is 0 Å². The van der Waals surface area contributed by atoms with Gasteiger partial charge in [0.2, 0.25) is 5.91 Å². The first-order chi connectivity index (χ1) is 5.09. The molecule has 2 atom stereocenters. The monoisotopic (exact) mass is 156 g/mol. The minimum Gasteiger partial charge on any atom is -0.289 e. The van der Waals surface area contributed by atoms with Crippen LogP contribution in [0.4, 0.5) is 0 Å². The van der Waals surface area contributed by atoms with Crippen LogP contribution in [-0.2, 0) is 4.79 Å². The average Bonchev–Trinajstić information content (AvgIpc) is 2.10. The smallest absolute Gasteiger partial charge is 0.231 e. The molecule has 1 heterocycles. The molecule has 1 fully saturated rings. The number of amides is 1. The third-order valence-corrected chi connectivity index (χ3v) is 2.30. The quantitative estimate of drug-likeness (QED) is 0.603. The highest BCUT2D eigenvalue weighted by molar-refractivity contribution is 5.72. The normalized spacial score (nSPS) is 32.3. The van der Waals surface area contributed by atoms with Gasteiger partial charge in [-0.25, -0.2) is 5.01 Å². The third-order valence-electron chi connectivity index (χ3n) is 2.30. The minimum absolute atomic E-state index is 0.0336. The Morgan fingerprint density at radius 2 is 1.82 bits per heavy atom. The summed E-state index contributed by atoms with van der Waals surface area (Å²) in [4.78, 5) is 10.7. The van der Waals surface area contributed by atoms with Crippen molar-refractivity contribution < 1.29 is 4.79 Å². The SMILES string of the molecule is CC(=O)NN1CC(C)C(C)C1. The van der Waals surface area contributed by atoms with Gasteiger partial charge in [0.05, 0.1) is 0 Å². The van der Waals surface area contributed by atoms with Gasteiger partial charge in [0.25, 0.3) is 0 Å². The van der Waals surface area contributed by atoms with Crippen molar-refractivity contribution in [2.24, 2.45) is 11.8 Å². The van der Waals surface area contributed by atoms with E-state index in [1.165, 1.54) is 0 Å². The molecular weight excluding hydrogens is 140 g/mol. The number of carbonyl (C=O) groups is 1. The lowest BCUT2D eigenvalue weighted by atomic mass is 10.0. The summed E-state index contributed by atoms with van der Waals surface area (Å²) < 4.78 is 0. The summed E-state index contributed by atoms with van der Waals surface area (Å²) >= 11 is 0. The van der Waals surface area contributed by atoms with Crippen LogP contribution in [0.3, 0.4) is 0 Å². The fourth-order valence-electron chi connectivity index (χ4n) is 1.44. The van der Waals surface area contributed by atoms with Crippen molar-refractivity contribution in [1.82, 2.24) is 10.4 Å². The maximum atomic E-state index is 10.7. The number of carbonyl (C=O) groups excluding carboxylic acids is 1. The highest BCUT2D eigenvalue weighted by Crippen LogP contribution is 2.19. The molecule has 3 nitrogen and oxygen atoms in total. The molecular formula is C8H16N2O. The Labute approximate surface area is 67.7 Å². The van der Waals surface area contributed by atoms with Crippen molar-refractivity contribution in [3.8, 4) is 0 Å². The van der Waals surface area contributed by atoms with E-state index in [9.17, 15) is 4.79 Å². The summed E-state index contributed by atoms with van der Waals surface area (Å²) in [7, 11) is 0.